The fraction of sp³-hybridized carbons (Fsp3) is 0.167. The normalized spacial score (nSPS) is 11.0. The number of aliphatic hydroxyl groups is 1. The Labute approximate surface area is 137 Å². The lowest BCUT2D eigenvalue weighted by Crippen LogP contribution is -2.08. The molecule has 0 aliphatic rings. The van der Waals surface area contributed by atoms with Gasteiger partial charge in [-0.2, -0.15) is 0 Å². The van der Waals surface area contributed by atoms with Gasteiger partial charge in [0.15, 0.2) is 5.43 Å². The molecule has 3 rings (SSSR count). The molecule has 2 nitrogen and oxygen atoms in total. The van der Waals surface area contributed by atoms with Gasteiger partial charge in [0.1, 0.15) is 0 Å². The number of benzene rings is 2. The minimum Gasteiger partial charge on any atom is -0.392 e. The molecule has 3 aromatic rings. The van der Waals surface area contributed by atoms with Gasteiger partial charge in [-0.1, -0.05) is 24.3 Å². The van der Waals surface area contributed by atoms with E-state index < -0.39 is 0 Å². The number of aliphatic hydroxyl groups excluding tert-OH is 1. The smallest absolute Gasteiger partial charge is 0.193 e. The van der Waals surface area contributed by atoms with Gasteiger partial charge in [-0.05, 0) is 41.8 Å². The second-order valence-corrected chi connectivity index (χ2v) is 6.49. The highest BCUT2D eigenvalue weighted by Gasteiger charge is 2.14. The van der Waals surface area contributed by atoms with Crippen molar-refractivity contribution >= 4 is 33.0 Å². The third kappa shape index (κ3) is 2.56. The monoisotopic (exact) mass is 330 g/mol. The lowest BCUT2D eigenvalue weighted by molar-refractivity contribution is 0.281. The molecule has 1 aromatic heterocycles. The molecule has 0 saturated carbocycles. The first-order valence-electron chi connectivity index (χ1n) is 6.97. The van der Waals surface area contributed by atoms with Gasteiger partial charge in [0.25, 0.3) is 0 Å². The van der Waals surface area contributed by atoms with E-state index in [1.807, 2.05) is 49.4 Å². The Morgan fingerprint density at radius 3 is 2.68 bits per heavy atom. The Hall–Kier alpha value is -1.68. The van der Waals surface area contributed by atoms with Crippen molar-refractivity contribution in [1.82, 2.24) is 0 Å². The molecule has 0 atom stereocenters. The lowest BCUT2D eigenvalue weighted by Gasteiger charge is -2.11. The van der Waals surface area contributed by atoms with Crippen LogP contribution in [0.25, 0.3) is 20.5 Å². The summed E-state index contributed by atoms with van der Waals surface area (Å²) in [5.41, 5.74) is 3.44. The van der Waals surface area contributed by atoms with E-state index in [4.69, 9.17) is 11.6 Å². The van der Waals surface area contributed by atoms with E-state index in [2.05, 4.69) is 0 Å². The standard InChI is InChI=1S/C18H15ClO2S/c1-11-6-7-12(8-13(11)10-20)18-15(9-19)17(21)14-4-2-3-5-16(14)22-18/h2-8,20H,9-10H2,1H3. The van der Waals surface area contributed by atoms with Gasteiger partial charge < -0.3 is 5.11 Å². The van der Waals surface area contributed by atoms with Crippen molar-refractivity contribution in [2.75, 3.05) is 0 Å². The minimum atomic E-state index is -0.0155. The Kier molecular flexibility index (Phi) is 4.30. The van der Waals surface area contributed by atoms with E-state index in [1.165, 1.54) is 0 Å². The number of hydrogen-bond donors (Lipinski definition) is 1. The van der Waals surface area contributed by atoms with E-state index in [1.54, 1.807) is 11.3 Å². The highest BCUT2D eigenvalue weighted by molar-refractivity contribution is 7.21. The number of aryl methyl sites for hydroxylation is 1. The van der Waals surface area contributed by atoms with Crippen molar-refractivity contribution in [3.8, 4) is 10.4 Å². The van der Waals surface area contributed by atoms with Crippen molar-refractivity contribution < 1.29 is 5.11 Å². The predicted molar refractivity (Wildman–Crippen MR) is 93.7 cm³/mol. The molecular formula is C18H15ClO2S. The molecule has 0 amide bonds. The van der Waals surface area contributed by atoms with Crippen molar-refractivity contribution in [3.05, 3.63) is 69.4 Å². The lowest BCUT2D eigenvalue weighted by atomic mass is 10.0. The summed E-state index contributed by atoms with van der Waals surface area (Å²) in [6.07, 6.45) is 0. The molecule has 1 N–H and O–H groups in total. The third-order valence-corrected chi connectivity index (χ3v) is 5.34. The SMILES string of the molecule is Cc1ccc(-c2sc3ccccc3c(=O)c2CCl)cc1CO. The maximum Gasteiger partial charge on any atom is 0.193 e. The highest BCUT2D eigenvalue weighted by atomic mass is 35.5. The van der Waals surface area contributed by atoms with Crippen LogP contribution in [0.1, 0.15) is 16.7 Å². The maximum atomic E-state index is 12.6. The molecule has 0 aliphatic carbocycles. The van der Waals surface area contributed by atoms with Gasteiger partial charge in [-0.15, -0.1) is 22.9 Å². The second kappa shape index (κ2) is 6.21. The van der Waals surface area contributed by atoms with Crippen LogP contribution in [0.2, 0.25) is 0 Å². The number of rotatable bonds is 3. The largest absolute Gasteiger partial charge is 0.392 e. The molecule has 0 spiro atoms. The van der Waals surface area contributed by atoms with E-state index in [9.17, 15) is 9.90 Å². The molecular weight excluding hydrogens is 316 g/mol. The summed E-state index contributed by atoms with van der Waals surface area (Å²) < 4.78 is 0.947. The predicted octanol–water partition coefficient (Wildman–Crippen LogP) is 4.47. The fourth-order valence-electron chi connectivity index (χ4n) is 2.52. The molecule has 2 aromatic carbocycles. The van der Waals surface area contributed by atoms with E-state index >= 15 is 0 Å². The summed E-state index contributed by atoms with van der Waals surface area (Å²) in [5.74, 6) is 0.178. The van der Waals surface area contributed by atoms with Crippen LogP contribution >= 0.6 is 22.9 Å². The average Bonchev–Trinajstić information content (AvgIpc) is 2.55. The zero-order valence-corrected chi connectivity index (χ0v) is 13.7. The van der Waals surface area contributed by atoms with Crippen LogP contribution in [-0.4, -0.2) is 5.11 Å². The van der Waals surface area contributed by atoms with E-state index in [0.717, 1.165) is 26.3 Å². The summed E-state index contributed by atoms with van der Waals surface area (Å²) in [5, 5.41) is 10.2. The molecule has 0 fully saturated rings. The Balaban J connectivity index is 2.33. The first kappa shape index (κ1) is 15.2. The van der Waals surface area contributed by atoms with Gasteiger partial charge in [0, 0.05) is 20.5 Å². The summed E-state index contributed by atoms with van der Waals surface area (Å²) in [4.78, 5) is 13.5. The Morgan fingerprint density at radius 2 is 1.95 bits per heavy atom. The zero-order valence-electron chi connectivity index (χ0n) is 12.1. The molecule has 0 unspecified atom stereocenters. The molecule has 22 heavy (non-hydrogen) atoms. The van der Waals surface area contributed by atoms with Gasteiger partial charge >= 0.3 is 0 Å². The van der Waals surface area contributed by atoms with Gasteiger partial charge in [0.05, 0.1) is 12.5 Å². The van der Waals surface area contributed by atoms with Crippen LogP contribution in [-0.2, 0) is 12.5 Å². The van der Waals surface area contributed by atoms with Gasteiger partial charge in [-0.25, -0.2) is 0 Å². The van der Waals surface area contributed by atoms with Crippen LogP contribution in [0.4, 0.5) is 0 Å². The molecule has 4 heteroatoms. The van der Waals surface area contributed by atoms with Crippen LogP contribution in [0.3, 0.4) is 0 Å². The first-order chi connectivity index (χ1) is 10.7. The van der Waals surface area contributed by atoms with Crippen molar-refractivity contribution in [2.45, 2.75) is 19.4 Å². The van der Waals surface area contributed by atoms with Crippen LogP contribution < -0.4 is 5.43 Å². The van der Waals surface area contributed by atoms with Crippen LogP contribution in [0.15, 0.2) is 47.3 Å². The molecule has 112 valence electrons. The first-order valence-corrected chi connectivity index (χ1v) is 8.32. The van der Waals surface area contributed by atoms with E-state index in [0.29, 0.717) is 10.9 Å². The molecule has 0 aliphatic heterocycles. The Bertz CT molecular complexity index is 899. The second-order valence-electron chi connectivity index (χ2n) is 5.17. The van der Waals surface area contributed by atoms with E-state index in [-0.39, 0.29) is 17.9 Å². The summed E-state index contributed by atoms with van der Waals surface area (Å²) in [6.45, 7) is 1.94. The molecule has 0 bridgehead atoms. The molecule has 0 radical (unpaired) electrons. The highest BCUT2D eigenvalue weighted by Crippen LogP contribution is 2.33. The van der Waals surface area contributed by atoms with Crippen molar-refractivity contribution in [3.63, 3.8) is 0 Å². The van der Waals surface area contributed by atoms with Gasteiger partial charge in [0.2, 0.25) is 0 Å². The number of hydrogen-bond acceptors (Lipinski definition) is 3. The Morgan fingerprint density at radius 1 is 1.18 bits per heavy atom. The fourth-order valence-corrected chi connectivity index (χ4v) is 4.02. The average molecular weight is 331 g/mol. The minimum absolute atomic E-state index is 0.00882. The zero-order chi connectivity index (χ0) is 15.7. The molecule has 1 heterocycles. The summed E-state index contributed by atoms with van der Waals surface area (Å²) in [7, 11) is 0. The number of fused-ring (bicyclic) bond motifs is 1. The maximum absolute atomic E-state index is 12.6. The quantitative estimate of drug-likeness (QED) is 0.719. The third-order valence-electron chi connectivity index (χ3n) is 3.81. The topological polar surface area (TPSA) is 37.3 Å². The number of halogens is 1. The number of alkyl halides is 1. The summed E-state index contributed by atoms with van der Waals surface area (Å²) in [6, 6.07) is 13.5. The van der Waals surface area contributed by atoms with Gasteiger partial charge in [-0.3, -0.25) is 4.79 Å². The summed E-state index contributed by atoms with van der Waals surface area (Å²) >= 11 is 7.61. The molecule has 0 saturated heterocycles. The van der Waals surface area contributed by atoms with Crippen LogP contribution in [0.5, 0.6) is 0 Å². The van der Waals surface area contributed by atoms with Crippen molar-refractivity contribution in [1.29, 1.82) is 0 Å². The van der Waals surface area contributed by atoms with Crippen molar-refractivity contribution in [2.24, 2.45) is 0 Å². The van der Waals surface area contributed by atoms with Crippen LogP contribution in [0, 0.1) is 6.92 Å².